The van der Waals surface area contributed by atoms with Crippen LogP contribution in [0.3, 0.4) is 0 Å². The van der Waals surface area contributed by atoms with E-state index >= 15 is 0 Å². The van der Waals surface area contributed by atoms with E-state index in [2.05, 4.69) is 36.2 Å². The Morgan fingerprint density at radius 1 is 1.41 bits per heavy atom. The molecule has 0 bridgehead atoms. The van der Waals surface area contributed by atoms with Crippen LogP contribution in [0.4, 0.5) is 11.1 Å². The summed E-state index contributed by atoms with van der Waals surface area (Å²) in [5.41, 5.74) is 0. The van der Waals surface area contributed by atoms with Gasteiger partial charge in [0.25, 0.3) is 11.9 Å². The molecule has 0 unspecified atom stereocenters. The molecule has 2 heterocycles. The minimum absolute atomic E-state index is 0.137. The first kappa shape index (κ1) is 11.4. The van der Waals surface area contributed by atoms with E-state index in [4.69, 9.17) is 0 Å². The van der Waals surface area contributed by atoms with Crippen LogP contribution in [0.25, 0.3) is 0 Å². The second kappa shape index (κ2) is 4.82. The number of nitrogens with one attached hydrogen (secondary N) is 2. The molecule has 0 saturated heterocycles. The lowest BCUT2D eigenvalue weighted by Gasteiger charge is -1.94. The van der Waals surface area contributed by atoms with E-state index in [9.17, 15) is 4.79 Å². The maximum atomic E-state index is 11.7. The van der Waals surface area contributed by atoms with Crippen LogP contribution in [0.15, 0.2) is 0 Å². The van der Waals surface area contributed by atoms with Crippen molar-refractivity contribution in [3.63, 3.8) is 0 Å². The van der Waals surface area contributed by atoms with Gasteiger partial charge in [-0.05, 0) is 12.1 Å². The van der Waals surface area contributed by atoms with Gasteiger partial charge in [0.2, 0.25) is 10.1 Å². The summed E-state index contributed by atoms with van der Waals surface area (Å²) in [7, 11) is 1.61. The first-order chi connectivity index (χ1) is 8.19. The predicted molar refractivity (Wildman–Crippen MR) is 60.8 cm³/mol. The highest BCUT2D eigenvalue weighted by atomic mass is 32.1. The zero-order valence-electron chi connectivity index (χ0n) is 9.21. The van der Waals surface area contributed by atoms with E-state index in [1.165, 1.54) is 4.80 Å². The fourth-order valence-corrected chi connectivity index (χ4v) is 1.73. The number of tetrazole rings is 1. The molecule has 17 heavy (non-hydrogen) atoms. The van der Waals surface area contributed by atoms with Crippen LogP contribution < -0.4 is 10.6 Å². The summed E-state index contributed by atoms with van der Waals surface area (Å²) in [6, 6.07) is 0. The van der Waals surface area contributed by atoms with E-state index in [0.29, 0.717) is 5.13 Å². The molecule has 0 aliphatic rings. The molecule has 2 aromatic rings. The molecule has 90 valence electrons. The molecule has 0 spiro atoms. The SMILES string of the molecule is CCNc1nnc(C(=O)Nc2nnn(C)n2)s1. The maximum absolute atomic E-state index is 11.7. The number of anilines is 2. The Labute approximate surface area is 100 Å². The summed E-state index contributed by atoms with van der Waals surface area (Å²) < 4.78 is 0. The van der Waals surface area contributed by atoms with Gasteiger partial charge in [0.05, 0.1) is 7.05 Å². The van der Waals surface area contributed by atoms with Gasteiger partial charge < -0.3 is 5.32 Å². The molecule has 0 aliphatic heterocycles. The van der Waals surface area contributed by atoms with Gasteiger partial charge in [-0.2, -0.15) is 4.80 Å². The topological polar surface area (TPSA) is 111 Å². The van der Waals surface area contributed by atoms with Crippen molar-refractivity contribution in [1.29, 1.82) is 0 Å². The number of aryl methyl sites for hydroxylation is 1. The molecule has 9 nitrogen and oxygen atoms in total. The minimum atomic E-state index is -0.403. The standard InChI is InChI=1S/C7H10N8OS/c1-3-8-7-12-10-5(17-7)4(16)9-6-11-14-15(2)13-6/h3H2,1-2H3,(H,8,12)(H,9,13,16). The minimum Gasteiger partial charge on any atom is -0.360 e. The number of rotatable bonds is 4. The molecule has 2 rings (SSSR count). The summed E-state index contributed by atoms with van der Waals surface area (Å²) in [5.74, 6) is -0.266. The Morgan fingerprint density at radius 3 is 2.88 bits per heavy atom. The van der Waals surface area contributed by atoms with Gasteiger partial charge in [0.1, 0.15) is 0 Å². The monoisotopic (exact) mass is 254 g/mol. The highest BCUT2D eigenvalue weighted by Crippen LogP contribution is 2.15. The van der Waals surface area contributed by atoms with Crippen LogP contribution in [-0.2, 0) is 7.05 Å². The molecule has 2 N–H and O–H groups in total. The van der Waals surface area contributed by atoms with Gasteiger partial charge in [0.15, 0.2) is 0 Å². The van der Waals surface area contributed by atoms with Crippen molar-refractivity contribution < 1.29 is 4.79 Å². The first-order valence-electron chi connectivity index (χ1n) is 4.81. The summed E-state index contributed by atoms with van der Waals surface area (Å²) in [4.78, 5) is 12.9. The van der Waals surface area contributed by atoms with E-state index in [0.717, 1.165) is 17.9 Å². The molecule has 1 amide bonds. The van der Waals surface area contributed by atoms with Crippen LogP contribution in [0.5, 0.6) is 0 Å². The number of hydrogen-bond donors (Lipinski definition) is 2. The van der Waals surface area contributed by atoms with E-state index in [1.807, 2.05) is 6.92 Å². The highest BCUT2D eigenvalue weighted by Gasteiger charge is 2.14. The lowest BCUT2D eigenvalue weighted by molar-refractivity contribution is 0.102. The van der Waals surface area contributed by atoms with E-state index in [1.54, 1.807) is 7.05 Å². The van der Waals surface area contributed by atoms with Crippen molar-refractivity contribution in [3.8, 4) is 0 Å². The Kier molecular flexibility index (Phi) is 3.23. The zero-order chi connectivity index (χ0) is 12.3. The number of carbonyl (C=O) groups excluding carboxylic acids is 1. The number of aromatic nitrogens is 6. The molecule has 0 atom stereocenters. The number of nitrogens with zero attached hydrogens (tertiary/aromatic N) is 6. The van der Waals surface area contributed by atoms with Crippen molar-refractivity contribution >= 4 is 28.3 Å². The molecule has 2 aromatic heterocycles. The van der Waals surface area contributed by atoms with Crippen LogP contribution in [0, 0.1) is 0 Å². The number of amides is 1. The predicted octanol–water partition coefficient (Wildman–Crippen LogP) is -0.254. The normalized spacial score (nSPS) is 10.2. The van der Waals surface area contributed by atoms with Gasteiger partial charge in [-0.1, -0.05) is 16.4 Å². The molecule has 0 aliphatic carbocycles. The van der Waals surface area contributed by atoms with Crippen molar-refractivity contribution in [1.82, 2.24) is 30.4 Å². The van der Waals surface area contributed by atoms with Crippen LogP contribution >= 0.6 is 11.3 Å². The number of hydrogen-bond acceptors (Lipinski definition) is 8. The fraction of sp³-hybridized carbons (Fsp3) is 0.429. The third-order valence-electron chi connectivity index (χ3n) is 1.68. The largest absolute Gasteiger partial charge is 0.360 e. The average molecular weight is 254 g/mol. The molecular weight excluding hydrogens is 244 g/mol. The second-order valence-corrected chi connectivity index (χ2v) is 3.98. The van der Waals surface area contributed by atoms with Crippen LogP contribution in [0.1, 0.15) is 16.7 Å². The first-order valence-corrected chi connectivity index (χ1v) is 5.63. The Morgan fingerprint density at radius 2 is 2.24 bits per heavy atom. The lowest BCUT2D eigenvalue weighted by Crippen LogP contribution is -2.13. The lowest BCUT2D eigenvalue weighted by atomic mass is 10.6. The summed E-state index contributed by atoms with van der Waals surface area (Å²) in [6.45, 7) is 2.66. The zero-order valence-corrected chi connectivity index (χ0v) is 10.0. The molecule has 0 fully saturated rings. The molecular formula is C7H10N8OS. The van der Waals surface area contributed by atoms with Crippen molar-refractivity contribution in [2.75, 3.05) is 17.2 Å². The Bertz CT molecular complexity index is 519. The average Bonchev–Trinajstić information content (AvgIpc) is 2.88. The molecule has 0 saturated carbocycles. The van der Waals surface area contributed by atoms with Gasteiger partial charge >= 0.3 is 0 Å². The van der Waals surface area contributed by atoms with Gasteiger partial charge in [0, 0.05) is 6.54 Å². The molecule has 10 heteroatoms. The van der Waals surface area contributed by atoms with Gasteiger partial charge in [-0.3, -0.25) is 10.1 Å². The van der Waals surface area contributed by atoms with Gasteiger partial charge in [-0.25, -0.2) is 0 Å². The molecule has 0 radical (unpaired) electrons. The van der Waals surface area contributed by atoms with Crippen molar-refractivity contribution in [2.45, 2.75) is 6.92 Å². The Balaban J connectivity index is 2.03. The second-order valence-electron chi connectivity index (χ2n) is 3.00. The van der Waals surface area contributed by atoms with Crippen LogP contribution in [-0.4, -0.2) is 42.9 Å². The third kappa shape index (κ3) is 2.72. The van der Waals surface area contributed by atoms with E-state index in [-0.39, 0.29) is 11.0 Å². The number of carbonyl (C=O) groups is 1. The molecule has 0 aromatic carbocycles. The van der Waals surface area contributed by atoms with Crippen LogP contribution in [0.2, 0.25) is 0 Å². The maximum Gasteiger partial charge on any atom is 0.289 e. The van der Waals surface area contributed by atoms with Crippen molar-refractivity contribution in [2.24, 2.45) is 7.05 Å². The highest BCUT2D eigenvalue weighted by molar-refractivity contribution is 7.17. The summed E-state index contributed by atoms with van der Waals surface area (Å²) in [6.07, 6.45) is 0. The van der Waals surface area contributed by atoms with E-state index < -0.39 is 5.91 Å². The summed E-state index contributed by atoms with van der Waals surface area (Å²) >= 11 is 1.16. The van der Waals surface area contributed by atoms with Crippen molar-refractivity contribution in [3.05, 3.63) is 5.01 Å². The fourth-order valence-electron chi connectivity index (χ4n) is 1.03. The van der Waals surface area contributed by atoms with Gasteiger partial charge in [-0.15, -0.1) is 15.3 Å². The third-order valence-corrected chi connectivity index (χ3v) is 2.56. The smallest absolute Gasteiger partial charge is 0.289 e. The Hall–Kier alpha value is -2.10. The quantitative estimate of drug-likeness (QED) is 0.773. The summed E-state index contributed by atoms with van der Waals surface area (Å²) in [5, 5.41) is 24.9.